The van der Waals surface area contributed by atoms with Crippen LogP contribution in [0.3, 0.4) is 0 Å². The normalized spacial score (nSPS) is 11.4. The van der Waals surface area contributed by atoms with Gasteiger partial charge in [-0.2, -0.15) is 18.3 Å². The molecular weight excluding hydrogens is 363 g/mol. The first kappa shape index (κ1) is 20.0. The minimum atomic E-state index is -4.51. The second-order valence-corrected chi connectivity index (χ2v) is 5.48. The zero-order valence-electron chi connectivity index (χ0n) is 14.0. The van der Waals surface area contributed by atoms with Gasteiger partial charge in [0.1, 0.15) is 5.75 Å². The molecule has 0 saturated heterocycles. The fourth-order valence-electron chi connectivity index (χ4n) is 2.05. The molecule has 0 bridgehead atoms. The molecule has 27 heavy (non-hydrogen) atoms. The number of aromatic hydroxyl groups is 1. The van der Waals surface area contributed by atoms with Crippen LogP contribution in [0.25, 0.3) is 0 Å². The third-order valence-corrected chi connectivity index (χ3v) is 3.38. The topological polar surface area (TPSA) is 90.8 Å². The zero-order chi connectivity index (χ0) is 19.9. The maximum absolute atomic E-state index is 12.6. The van der Waals surface area contributed by atoms with Crippen molar-refractivity contribution in [2.24, 2.45) is 5.10 Å². The number of carbonyl (C=O) groups is 2. The van der Waals surface area contributed by atoms with Crippen molar-refractivity contribution in [3.63, 3.8) is 0 Å². The molecule has 0 spiro atoms. The molecule has 142 valence electrons. The Labute approximate surface area is 152 Å². The summed E-state index contributed by atoms with van der Waals surface area (Å²) >= 11 is 0. The van der Waals surface area contributed by atoms with Crippen LogP contribution in [0, 0.1) is 0 Å². The summed E-state index contributed by atoms with van der Waals surface area (Å²) in [5.74, 6) is -1.16. The number of nitrogens with one attached hydrogen (secondary N) is 2. The summed E-state index contributed by atoms with van der Waals surface area (Å²) in [4.78, 5) is 23.4. The summed E-state index contributed by atoms with van der Waals surface area (Å²) in [6.45, 7) is 0. The van der Waals surface area contributed by atoms with Crippen LogP contribution < -0.4 is 10.7 Å². The minimum Gasteiger partial charge on any atom is -0.507 e. The summed E-state index contributed by atoms with van der Waals surface area (Å²) in [6, 6.07) is 10.6. The van der Waals surface area contributed by atoms with Crippen LogP contribution in [0.1, 0.15) is 24.0 Å². The lowest BCUT2D eigenvalue weighted by Gasteiger charge is -2.09. The number of nitrogens with zero attached hydrogens (tertiary/aromatic N) is 1. The monoisotopic (exact) mass is 379 g/mol. The number of para-hydroxylation sites is 1. The fourth-order valence-corrected chi connectivity index (χ4v) is 2.05. The van der Waals surface area contributed by atoms with E-state index in [0.717, 1.165) is 12.1 Å². The molecule has 0 aliphatic heterocycles. The van der Waals surface area contributed by atoms with E-state index in [2.05, 4.69) is 15.8 Å². The van der Waals surface area contributed by atoms with Crippen molar-refractivity contribution in [3.05, 3.63) is 59.7 Å². The van der Waals surface area contributed by atoms with Gasteiger partial charge in [0.05, 0.1) is 11.8 Å². The molecule has 0 heterocycles. The maximum atomic E-state index is 12.6. The van der Waals surface area contributed by atoms with E-state index in [9.17, 15) is 27.9 Å². The van der Waals surface area contributed by atoms with Gasteiger partial charge >= 0.3 is 6.18 Å². The van der Waals surface area contributed by atoms with Crippen LogP contribution in [-0.4, -0.2) is 23.1 Å². The number of benzene rings is 2. The minimum absolute atomic E-state index is 0.00374. The van der Waals surface area contributed by atoms with Crippen molar-refractivity contribution < 1.29 is 27.9 Å². The first-order chi connectivity index (χ1) is 12.8. The molecular formula is C18H16F3N3O3. The molecule has 0 unspecified atom stereocenters. The smallest absolute Gasteiger partial charge is 0.416 e. The Balaban J connectivity index is 1.80. The Morgan fingerprint density at radius 3 is 2.44 bits per heavy atom. The number of rotatable bonds is 6. The summed E-state index contributed by atoms with van der Waals surface area (Å²) < 4.78 is 37.9. The Bertz CT molecular complexity index is 851. The third-order valence-electron chi connectivity index (χ3n) is 3.38. The van der Waals surface area contributed by atoms with Crippen molar-refractivity contribution in [1.29, 1.82) is 0 Å². The number of alkyl halides is 3. The predicted octanol–water partition coefficient (Wildman–Crippen LogP) is 3.28. The molecule has 0 fully saturated rings. The Morgan fingerprint density at radius 1 is 1.04 bits per heavy atom. The highest BCUT2D eigenvalue weighted by Gasteiger charge is 2.30. The molecule has 6 nitrogen and oxygen atoms in total. The van der Waals surface area contributed by atoms with E-state index < -0.39 is 23.6 Å². The van der Waals surface area contributed by atoms with E-state index in [0.29, 0.717) is 5.56 Å². The van der Waals surface area contributed by atoms with Crippen LogP contribution in [-0.2, 0) is 15.8 Å². The maximum Gasteiger partial charge on any atom is 0.416 e. The molecule has 0 atom stereocenters. The number of hydrazone groups is 1. The lowest BCUT2D eigenvalue weighted by Crippen LogP contribution is -2.20. The fraction of sp³-hybridized carbons (Fsp3) is 0.167. The molecule has 0 aliphatic carbocycles. The number of halogens is 3. The van der Waals surface area contributed by atoms with E-state index >= 15 is 0 Å². The average Bonchev–Trinajstić information content (AvgIpc) is 2.61. The van der Waals surface area contributed by atoms with Crippen molar-refractivity contribution in [2.75, 3.05) is 5.32 Å². The van der Waals surface area contributed by atoms with Crippen LogP contribution >= 0.6 is 0 Å². The third kappa shape index (κ3) is 6.46. The SMILES string of the molecule is O=C(CCC(=O)Nc1cccc(C(F)(F)F)c1)N/N=C/c1ccccc1O. The van der Waals surface area contributed by atoms with Crippen molar-refractivity contribution in [2.45, 2.75) is 19.0 Å². The van der Waals surface area contributed by atoms with Gasteiger partial charge in [-0.25, -0.2) is 5.43 Å². The molecule has 2 rings (SSSR count). The van der Waals surface area contributed by atoms with Crippen LogP contribution in [0.5, 0.6) is 5.75 Å². The molecule has 0 radical (unpaired) electrons. The van der Waals surface area contributed by atoms with E-state index in [4.69, 9.17) is 0 Å². The van der Waals surface area contributed by atoms with E-state index in [1.807, 2.05) is 0 Å². The van der Waals surface area contributed by atoms with E-state index in [1.54, 1.807) is 18.2 Å². The Morgan fingerprint density at radius 2 is 1.74 bits per heavy atom. The predicted molar refractivity (Wildman–Crippen MR) is 93.2 cm³/mol. The molecule has 2 amide bonds. The van der Waals surface area contributed by atoms with Gasteiger partial charge in [-0.3, -0.25) is 9.59 Å². The average molecular weight is 379 g/mol. The first-order valence-electron chi connectivity index (χ1n) is 7.83. The molecule has 0 aromatic heterocycles. The number of hydrogen-bond acceptors (Lipinski definition) is 4. The number of phenols is 1. The lowest BCUT2D eigenvalue weighted by molar-refractivity contribution is -0.137. The highest BCUT2D eigenvalue weighted by molar-refractivity contribution is 5.93. The Hall–Kier alpha value is -3.36. The molecule has 3 N–H and O–H groups in total. The number of amides is 2. The second-order valence-electron chi connectivity index (χ2n) is 5.48. The number of phenolic OH excluding ortho intramolecular Hbond substituents is 1. The Kier molecular flexibility index (Phi) is 6.53. The number of anilines is 1. The molecule has 0 aliphatic rings. The van der Waals surface area contributed by atoms with Gasteiger partial charge in [-0.15, -0.1) is 0 Å². The van der Waals surface area contributed by atoms with Crippen LogP contribution in [0.2, 0.25) is 0 Å². The standard InChI is InChI=1S/C18H16F3N3O3/c19-18(20,21)13-5-3-6-14(10-13)23-16(26)8-9-17(27)24-22-11-12-4-1-2-7-15(12)25/h1-7,10-11,25H,8-9H2,(H,23,26)(H,24,27)/b22-11+. The highest BCUT2D eigenvalue weighted by atomic mass is 19.4. The summed E-state index contributed by atoms with van der Waals surface area (Å²) in [5, 5.41) is 15.5. The quantitative estimate of drug-likeness (QED) is 0.531. The largest absolute Gasteiger partial charge is 0.507 e. The second kappa shape index (κ2) is 8.84. The van der Waals surface area contributed by atoms with E-state index in [1.165, 1.54) is 24.4 Å². The number of carbonyl (C=O) groups excluding carboxylic acids is 2. The van der Waals surface area contributed by atoms with Gasteiger partial charge in [0.15, 0.2) is 0 Å². The molecule has 2 aromatic carbocycles. The molecule has 0 saturated carbocycles. The van der Waals surface area contributed by atoms with Gasteiger partial charge in [-0.1, -0.05) is 18.2 Å². The van der Waals surface area contributed by atoms with Gasteiger partial charge in [-0.05, 0) is 30.3 Å². The molecule has 9 heteroatoms. The van der Waals surface area contributed by atoms with Crippen LogP contribution in [0.15, 0.2) is 53.6 Å². The summed E-state index contributed by atoms with van der Waals surface area (Å²) in [7, 11) is 0. The zero-order valence-corrected chi connectivity index (χ0v) is 14.0. The van der Waals surface area contributed by atoms with Gasteiger partial charge in [0, 0.05) is 24.1 Å². The van der Waals surface area contributed by atoms with Gasteiger partial charge in [0.25, 0.3) is 0 Å². The van der Waals surface area contributed by atoms with E-state index in [-0.39, 0.29) is 24.3 Å². The summed E-state index contributed by atoms with van der Waals surface area (Å²) in [5.41, 5.74) is 1.72. The first-order valence-corrected chi connectivity index (χ1v) is 7.83. The highest BCUT2D eigenvalue weighted by Crippen LogP contribution is 2.30. The van der Waals surface area contributed by atoms with Crippen LogP contribution in [0.4, 0.5) is 18.9 Å². The van der Waals surface area contributed by atoms with Crippen molar-refractivity contribution >= 4 is 23.7 Å². The summed E-state index contributed by atoms with van der Waals surface area (Å²) in [6.07, 6.45) is -3.70. The van der Waals surface area contributed by atoms with Crippen molar-refractivity contribution in [1.82, 2.24) is 5.43 Å². The molecule has 2 aromatic rings. The lowest BCUT2D eigenvalue weighted by atomic mass is 10.2. The van der Waals surface area contributed by atoms with Gasteiger partial charge < -0.3 is 10.4 Å². The number of hydrogen-bond donors (Lipinski definition) is 3. The van der Waals surface area contributed by atoms with Gasteiger partial charge in [0.2, 0.25) is 11.8 Å². The van der Waals surface area contributed by atoms with Crippen molar-refractivity contribution in [3.8, 4) is 5.75 Å².